The zero-order chi connectivity index (χ0) is 13.0. The Balaban J connectivity index is 2.29. The predicted molar refractivity (Wildman–Crippen MR) is 74.6 cm³/mol. The molecule has 1 saturated heterocycles. The smallest absolute Gasteiger partial charge is 0.123 e. The molecule has 0 saturated carbocycles. The van der Waals surface area contributed by atoms with E-state index in [1.165, 1.54) is 31.4 Å². The average molecular weight is 250 g/mol. The zero-order valence-electron chi connectivity index (χ0n) is 11.4. The van der Waals surface area contributed by atoms with Gasteiger partial charge in [-0.2, -0.15) is 0 Å². The lowest BCUT2D eigenvalue weighted by molar-refractivity contribution is 0.606. The maximum atomic E-state index is 13.4. The lowest BCUT2D eigenvalue weighted by Crippen LogP contribution is -2.27. The summed E-state index contributed by atoms with van der Waals surface area (Å²) in [6.07, 6.45) is 5.11. The highest BCUT2D eigenvalue weighted by atomic mass is 19.1. The highest BCUT2D eigenvalue weighted by Crippen LogP contribution is 2.29. The Kier molecular flexibility index (Phi) is 4.59. The summed E-state index contributed by atoms with van der Waals surface area (Å²) >= 11 is 0. The van der Waals surface area contributed by atoms with Crippen LogP contribution in [-0.2, 0) is 0 Å². The Morgan fingerprint density at radius 3 is 2.44 bits per heavy atom. The van der Waals surface area contributed by atoms with E-state index in [1.54, 1.807) is 12.1 Å². The normalized spacial score (nSPS) is 18.5. The van der Waals surface area contributed by atoms with Crippen LogP contribution < -0.4 is 10.2 Å². The van der Waals surface area contributed by atoms with E-state index in [-0.39, 0.29) is 11.9 Å². The molecule has 0 bridgehead atoms. The molecule has 1 aliphatic heterocycles. The molecule has 2 rings (SSSR count). The molecule has 1 atom stereocenters. The molecule has 1 fully saturated rings. The molecule has 0 radical (unpaired) electrons. The van der Waals surface area contributed by atoms with E-state index in [9.17, 15) is 4.39 Å². The van der Waals surface area contributed by atoms with E-state index in [1.807, 2.05) is 13.1 Å². The average Bonchev–Trinajstić information content (AvgIpc) is 2.66. The van der Waals surface area contributed by atoms with Gasteiger partial charge in [0.15, 0.2) is 0 Å². The van der Waals surface area contributed by atoms with Crippen LogP contribution in [0, 0.1) is 5.82 Å². The van der Waals surface area contributed by atoms with Crippen LogP contribution in [0.4, 0.5) is 10.1 Å². The van der Waals surface area contributed by atoms with Crippen molar-refractivity contribution in [3.63, 3.8) is 0 Å². The van der Waals surface area contributed by atoms with Gasteiger partial charge in [0.05, 0.1) is 0 Å². The molecule has 3 heteroatoms. The van der Waals surface area contributed by atoms with Gasteiger partial charge in [0, 0.05) is 24.8 Å². The van der Waals surface area contributed by atoms with Crippen LogP contribution in [0.2, 0.25) is 0 Å². The first-order valence-corrected chi connectivity index (χ1v) is 6.94. The van der Waals surface area contributed by atoms with E-state index in [4.69, 9.17) is 0 Å². The van der Waals surface area contributed by atoms with Gasteiger partial charge < -0.3 is 10.2 Å². The van der Waals surface area contributed by atoms with Gasteiger partial charge in [-0.15, -0.1) is 0 Å². The lowest BCUT2D eigenvalue weighted by Gasteiger charge is -2.27. The number of nitrogens with one attached hydrogen (secondary N) is 1. The second-order valence-corrected chi connectivity index (χ2v) is 5.11. The highest BCUT2D eigenvalue weighted by Gasteiger charge is 2.16. The number of halogens is 1. The lowest BCUT2D eigenvalue weighted by atomic mass is 10.0. The predicted octanol–water partition coefficient (Wildman–Crippen LogP) is 3.49. The van der Waals surface area contributed by atoms with Crippen molar-refractivity contribution in [2.45, 2.75) is 38.6 Å². The fraction of sp³-hybridized carbons (Fsp3) is 0.600. The summed E-state index contributed by atoms with van der Waals surface area (Å²) in [5.74, 6) is -0.148. The maximum absolute atomic E-state index is 13.4. The Hall–Kier alpha value is -1.09. The molecular weight excluding hydrogens is 227 g/mol. The van der Waals surface area contributed by atoms with E-state index in [2.05, 4.69) is 17.1 Å². The fourth-order valence-electron chi connectivity index (χ4n) is 2.63. The molecule has 1 aliphatic rings. The van der Waals surface area contributed by atoms with Crippen LogP contribution in [0.5, 0.6) is 0 Å². The van der Waals surface area contributed by atoms with Crippen molar-refractivity contribution < 1.29 is 4.39 Å². The Labute approximate surface area is 109 Å². The van der Waals surface area contributed by atoms with Gasteiger partial charge in [0.2, 0.25) is 0 Å². The maximum Gasteiger partial charge on any atom is 0.123 e. The van der Waals surface area contributed by atoms with Crippen LogP contribution >= 0.6 is 0 Å². The van der Waals surface area contributed by atoms with Crippen molar-refractivity contribution in [1.82, 2.24) is 5.32 Å². The molecule has 1 unspecified atom stereocenters. The highest BCUT2D eigenvalue weighted by molar-refractivity contribution is 5.55. The van der Waals surface area contributed by atoms with E-state index >= 15 is 0 Å². The molecular formula is C15H23FN2. The van der Waals surface area contributed by atoms with Crippen LogP contribution in [0.25, 0.3) is 0 Å². The SMILES string of the molecule is CNC(C)c1cc(F)ccc1N1CCCCCC1. The second-order valence-electron chi connectivity index (χ2n) is 5.11. The van der Waals surface area contributed by atoms with Crippen molar-refractivity contribution >= 4 is 5.69 Å². The fourth-order valence-corrected chi connectivity index (χ4v) is 2.63. The van der Waals surface area contributed by atoms with Crippen molar-refractivity contribution in [1.29, 1.82) is 0 Å². The Morgan fingerprint density at radius 1 is 1.17 bits per heavy atom. The van der Waals surface area contributed by atoms with Crippen molar-refractivity contribution in [3.8, 4) is 0 Å². The van der Waals surface area contributed by atoms with Crippen LogP contribution in [0.3, 0.4) is 0 Å². The third-order valence-electron chi connectivity index (χ3n) is 3.84. The summed E-state index contributed by atoms with van der Waals surface area (Å²) in [5, 5.41) is 3.21. The van der Waals surface area contributed by atoms with Crippen LogP contribution in [0.15, 0.2) is 18.2 Å². The first-order chi connectivity index (χ1) is 8.72. The minimum atomic E-state index is -0.148. The molecule has 100 valence electrons. The monoisotopic (exact) mass is 250 g/mol. The topological polar surface area (TPSA) is 15.3 Å². The number of anilines is 1. The van der Waals surface area contributed by atoms with Gasteiger partial charge in [-0.05, 0) is 50.6 Å². The Bertz CT molecular complexity index is 384. The van der Waals surface area contributed by atoms with E-state index < -0.39 is 0 Å². The minimum Gasteiger partial charge on any atom is -0.371 e. The largest absolute Gasteiger partial charge is 0.371 e. The standard InChI is InChI=1S/C15H23FN2/c1-12(17-2)14-11-13(16)7-8-15(14)18-9-5-3-4-6-10-18/h7-8,11-12,17H,3-6,9-10H2,1-2H3. The number of hydrogen-bond acceptors (Lipinski definition) is 2. The van der Waals surface area contributed by atoms with Gasteiger partial charge in [-0.1, -0.05) is 12.8 Å². The molecule has 0 amide bonds. The van der Waals surface area contributed by atoms with Gasteiger partial charge in [-0.3, -0.25) is 0 Å². The van der Waals surface area contributed by atoms with E-state index in [0.29, 0.717) is 0 Å². The molecule has 0 aromatic heterocycles. The summed E-state index contributed by atoms with van der Waals surface area (Å²) < 4.78 is 13.4. The summed E-state index contributed by atoms with van der Waals surface area (Å²) in [6.45, 7) is 4.26. The van der Waals surface area contributed by atoms with Crippen LogP contribution in [0.1, 0.15) is 44.2 Å². The summed E-state index contributed by atoms with van der Waals surface area (Å²) in [4.78, 5) is 2.41. The van der Waals surface area contributed by atoms with Crippen molar-refractivity contribution in [3.05, 3.63) is 29.6 Å². The third-order valence-corrected chi connectivity index (χ3v) is 3.84. The van der Waals surface area contributed by atoms with Crippen molar-refractivity contribution in [2.24, 2.45) is 0 Å². The molecule has 0 aliphatic carbocycles. The molecule has 2 nitrogen and oxygen atoms in total. The molecule has 1 aromatic carbocycles. The summed E-state index contributed by atoms with van der Waals surface area (Å²) in [5.41, 5.74) is 2.26. The number of nitrogens with zero attached hydrogens (tertiary/aromatic N) is 1. The second kappa shape index (κ2) is 6.19. The number of hydrogen-bond donors (Lipinski definition) is 1. The zero-order valence-corrected chi connectivity index (χ0v) is 11.4. The van der Waals surface area contributed by atoms with Gasteiger partial charge in [0.1, 0.15) is 5.82 Å². The minimum absolute atomic E-state index is 0.148. The quantitative estimate of drug-likeness (QED) is 0.883. The molecule has 1 N–H and O–H groups in total. The van der Waals surface area contributed by atoms with Crippen molar-refractivity contribution in [2.75, 3.05) is 25.0 Å². The van der Waals surface area contributed by atoms with Gasteiger partial charge in [-0.25, -0.2) is 4.39 Å². The van der Waals surface area contributed by atoms with Gasteiger partial charge >= 0.3 is 0 Å². The number of rotatable bonds is 3. The number of benzene rings is 1. The first-order valence-electron chi connectivity index (χ1n) is 6.94. The molecule has 1 heterocycles. The first kappa shape index (κ1) is 13.3. The van der Waals surface area contributed by atoms with Crippen LogP contribution in [-0.4, -0.2) is 20.1 Å². The summed E-state index contributed by atoms with van der Waals surface area (Å²) in [6, 6.07) is 5.36. The van der Waals surface area contributed by atoms with Gasteiger partial charge in [0.25, 0.3) is 0 Å². The third kappa shape index (κ3) is 3.02. The molecule has 0 spiro atoms. The van der Waals surface area contributed by atoms with E-state index in [0.717, 1.165) is 18.7 Å². The molecule has 18 heavy (non-hydrogen) atoms. The Morgan fingerprint density at radius 2 is 1.83 bits per heavy atom. The molecule has 1 aromatic rings. The summed E-state index contributed by atoms with van der Waals surface area (Å²) in [7, 11) is 1.92.